The predicted molar refractivity (Wildman–Crippen MR) is 74.5 cm³/mol. The maximum atomic E-state index is 12.2. The predicted octanol–water partition coefficient (Wildman–Crippen LogP) is 3.13. The maximum Gasteiger partial charge on any atom is 0.326 e. The van der Waals surface area contributed by atoms with Gasteiger partial charge in [0.2, 0.25) is 0 Å². The lowest BCUT2D eigenvalue weighted by atomic mass is 9.67. The van der Waals surface area contributed by atoms with Crippen LogP contribution in [0.2, 0.25) is 0 Å². The van der Waals surface area contributed by atoms with Gasteiger partial charge in [-0.1, -0.05) is 27.7 Å². The number of carbonyl (C=O) groups is 1. The number of nitrogens with one attached hydrogen (secondary N) is 1. The van der Waals surface area contributed by atoms with Gasteiger partial charge in [-0.25, -0.2) is 0 Å². The van der Waals surface area contributed by atoms with Crippen molar-refractivity contribution in [1.82, 2.24) is 5.32 Å². The fourth-order valence-electron chi connectivity index (χ4n) is 3.04. The van der Waals surface area contributed by atoms with Crippen LogP contribution in [0, 0.1) is 11.3 Å². The number of ether oxygens (including phenoxy) is 1. The van der Waals surface area contributed by atoms with Gasteiger partial charge in [0.1, 0.15) is 5.54 Å². The van der Waals surface area contributed by atoms with Gasteiger partial charge < -0.3 is 10.1 Å². The molecule has 0 amide bonds. The molecule has 1 aliphatic rings. The molecule has 18 heavy (non-hydrogen) atoms. The highest BCUT2D eigenvalue weighted by Gasteiger charge is 2.44. The molecule has 0 aromatic carbocycles. The van der Waals surface area contributed by atoms with Gasteiger partial charge in [-0.15, -0.1) is 0 Å². The van der Waals surface area contributed by atoms with Crippen LogP contribution in [0.25, 0.3) is 0 Å². The molecule has 0 aromatic rings. The Morgan fingerprint density at radius 1 is 1.28 bits per heavy atom. The number of rotatable bonds is 4. The summed E-state index contributed by atoms with van der Waals surface area (Å²) in [5.74, 6) is 0.651. The number of hydrogen-bond donors (Lipinski definition) is 1. The molecule has 3 heteroatoms. The number of carbonyl (C=O) groups excluding carboxylic acids is 1. The second kappa shape index (κ2) is 6.05. The van der Waals surface area contributed by atoms with Crippen LogP contribution in [-0.4, -0.2) is 24.7 Å². The summed E-state index contributed by atoms with van der Waals surface area (Å²) in [5, 5.41) is 3.38. The van der Waals surface area contributed by atoms with Crippen LogP contribution in [0.3, 0.4) is 0 Å². The molecule has 0 aromatic heterocycles. The zero-order valence-electron chi connectivity index (χ0n) is 12.6. The van der Waals surface area contributed by atoms with Crippen molar-refractivity contribution in [2.24, 2.45) is 11.3 Å². The van der Waals surface area contributed by atoms with Gasteiger partial charge in [0.15, 0.2) is 0 Å². The van der Waals surface area contributed by atoms with Crippen molar-refractivity contribution in [2.45, 2.75) is 65.8 Å². The van der Waals surface area contributed by atoms with Crippen molar-refractivity contribution in [3.8, 4) is 0 Å². The summed E-state index contributed by atoms with van der Waals surface area (Å²) in [6, 6.07) is 0. The molecule has 1 N–H and O–H groups in total. The molecule has 0 radical (unpaired) electrons. The van der Waals surface area contributed by atoms with Crippen molar-refractivity contribution < 1.29 is 9.53 Å². The minimum atomic E-state index is -0.424. The monoisotopic (exact) mass is 255 g/mol. The zero-order chi connectivity index (χ0) is 13.8. The summed E-state index contributed by atoms with van der Waals surface area (Å²) < 4.78 is 5.26. The molecule has 1 aliphatic carbocycles. The fraction of sp³-hybridized carbons (Fsp3) is 0.933. The highest BCUT2D eigenvalue weighted by Crippen LogP contribution is 2.41. The van der Waals surface area contributed by atoms with Crippen molar-refractivity contribution in [3.05, 3.63) is 0 Å². The van der Waals surface area contributed by atoms with E-state index in [0.717, 1.165) is 32.2 Å². The van der Waals surface area contributed by atoms with Gasteiger partial charge in [0.05, 0.1) is 6.61 Å². The molecule has 0 bridgehead atoms. The Morgan fingerprint density at radius 2 is 1.83 bits per heavy atom. The van der Waals surface area contributed by atoms with Crippen LogP contribution >= 0.6 is 0 Å². The van der Waals surface area contributed by atoms with Crippen LogP contribution in [0.15, 0.2) is 0 Å². The largest absolute Gasteiger partial charge is 0.465 e. The van der Waals surface area contributed by atoms with Crippen molar-refractivity contribution in [3.63, 3.8) is 0 Å². The van der Waals surface area contributed by atoms with Crippen LogP contribution in [0.1, 0.15) is 60.3 Å². The first-order valence-corrected chi connectivity index (χ1v) is 7.28. The van der Waals surface area contributed by atoms with Gasteiger partial charge in [0, 0.05) is 0 Å². The molecule has 1 rings (SSSR count). The third-order valence-corrected chi connectivity index (χ3v) is 4.25. The topological polar surface area (TPSA) is 38.3 Å². The zero-order valence-corrected chi connectivity index (χ0v) is 12.6. The van der Waals surface area contributed by atoms with Crippen molar-refractivity contribution in [2.75, 3.05) is 13.2 Å². The van der Waals surface area contributed by atoms with E-state index in [2.05, 4.69) is 33.0 Å². The Balaban J connectivity index is 2.71. The van der Waals surface area contributed by atoms with Crippen LogP contribution < -0.4 is 5.32 Å². The average molecular weight is 255 g/mol. The summed E-state index contributed by atoms with van der Waals surface area (Å²) in [4.78, 5) is 12.2. The summed E-state index contributed by atoms with van der Waals surface area (Å²) in [6.07, 6.45) is 4.02. The molecule has 1 fully saturated rings. The lowest BCUT2D eigenvalue weighted by Crippen LogP contribution is -2.55. The van der Waals surface area contributed by atoms with E-state index in [1.54, 1.807) is 0 Å². The molecular formula is C15H29NO2. The third-order valence-electron chi connectivity index (χ3n) is 4.25. The first-order valence-electron chi connectivity index (χ1n) is 7.28. The average Bonchev–Trinajstić information content (AvgIpc) is 2.29. The van der Waals surface area contributed by atoms with Crippen molar-refractivity contribution >= 4 is 5.97 Å². The molecule has 0 spiro atoms. The fourth-order valence-corrected chi connectivity index (χ4v) is 3.04. The van der Waals surface area contributed by atoms with E-state index < -0.39 is 5.54 Å². The van der Waals surface area contributed by atoms with E-state index in [1.807, 2.05) is 6.92 Å². The smallest absolute Gasteiger partial charge is 0.326 e. The van der Waals surface area contributed by atoms with Crippen LogP contribution in [0.5, 0.6) is 0 Å². The lowest BCUT2D eigenvalue weighted by molar-refractivity contribution is -0.153. The van der Waals surface area contributed by atoms with Gasteiger partial charge in [-0.2, -0.15) is 0 Å². The molecule has 106 valence electrons. The lowest BCUT2D eigenvalue weighted by Gasteiger charge is -2.42. The summed E-state index contributed by atoms with van der Waals surface area (Å²) >= 11 is 0. The minimum Gasteiger partial charge on any atom is -0.465 e. The second-order valence-corrected chi connectivity index (χ2v) is 6.47. The summed E-state index contributed by atoms with van der Waals surface area (Å²) in [7, 11) is 0. The second-order valence-electron chi connectivity index (χ2n) is 6.47. The van der Waals surface area contributed by atoms with E-state index in [4.69, 9.17) is 4.74 Å². The summed E-state index contributed by atoms with van der Waals surface area (Å²) in [6.45, 7) is 12.1. The Hall–Kier alpha value is -0.570. The molecule has 1 saturated carbocycles. The summed E-state index contributed by atoms with van der Waals surface area (Å²) in [5.41, 5.74) is -0.0838. The quantitative estimate of drug-likeness (QED) is 0.784. The third kappa shape index (κ3) is 3.47. The van der Waals surface area contributed by atoms with Crippen molar-refractivity contribution in [1.29, 1.82) is 0 Å². The first-order chi connectivity index (χ1) is 8.35. The normalized spacial score (nSPS) is 29.1. The molecule has 3 nitrogen and oxygen atoms in total. The van der Waals surface area contributed by atoms with E-state index >= 15 is 0 Å². The minimum absolute atomic E-state index is 0.0563. The van der Waals surface area contributed by atoms with Gasteiger partial charge in [-0.05, 0) is 50.5 Å². The number of esters is 1. The highest BCUT2D eigenvalue weighted by atomic mass is 16.5. The highest BCUT2D eigenvalue weighted by molar-refractivity contribution is 5.81. The maximum absolute atomic E-state index is 12.2. The molecule has 0 saturated heterocycles. The molecule has 0 heterocycles. The van der Waals surface area contributed by atoms with E-state index in [1.165, 1.54) is 0 Å². The molecule has 0 unspecified atom stereocenters. The Kier molecular flexibility index (Phi) is 5.20. The van der Waals surface area contributed by atoms with Crippen LogP contribution in [0.4, 0.5) is 0 Å². The van der Waals surface area contributed by atoms with E-state index in [9.17, 15) is 4.79 Å². The van der Waals surface area contributed by atoms with Crippen LogP contribution in [-0.2, 0) is 9.53 Å². The Morgan fingerprint density at radius 3 is 2.22 bits per heavy atom. The van der Waals surface area contributed by atoms with E-state index in [0.29, 0.717) is 17.9 Å². The van der Waals surface area contributed by atoms with Gasteiger partial charge in [0.25, 0.3) is 0 Å². The molecule has 0 atom stereocenters. The van der Waals surface area contributed by atoms with Gasteiger partial charge in [-0.3, -0.25) is 4.79 Å². The molecular weight excluding hydrogens is 226 g/mol. The standard InChI is InChI=1S/C15H29NO2/c1-6-16-15(13(17)18-7-2)10-8-12(9-11-15)14(3,4)5/h12,16H,6-11H2,1-5H3. The number of likely N-dealkylation sites (N-methyl/N-ethyl adjacent to an activating group) is 1. The van der Waals surface area contributed by atoms with E-state index in [-0.39, 0.29) is 5.97 Å². The van der Waals surface area contributed by atoms with Gasteiger partial charge >= 0.3 is 5.97 Å². The Bertz CT molecular complexity index is 273. The SMILES string of the molecule is CCNC1(C(=O)OCC)CCC(C(C)(C)C)CC1. The molecule has 0 aliphatic heterocycles. The first kappa shape index (κ1) is 15.5. The Labute approximate surface area is 112 Å². The number of hydrogen-bond acceptors (Lipinski definition) is 3.